The summed E-state index contributed by atoms with van der Waals surface area (Å²) in [6, 6.07) is 0. The van der Waals surface area contributed by atoms with Crippen molar-refractivity contribution in [2.75, 3.05) is 6.61 Å². The normalized spacial score (nSPS) is 44.0. The van der Waals surface area contributed by atoms with Gasteiger partial charge in [0.05, 0.1) is 6.61 Å². The van der Waals surface area contributed by atoms with E-state index in [0.29, 0.717) is 0 Å². The highest BCUT2D eigenvalue weighted by atomic mass is 31.2. The molecule has 1 fully saturated rings. The minimum atomic E-state index is -5.16. The van der Waals surface area contributed by atoms with Crippen LogP contribution in [0.3, 0.4) is 0 Å². The molecule has 6 atom stereocenters. The second-order valence-corrected chi connectivity index (χ2v) is 4.42. The molecule has 5 N–H and O–H groups in total. The standard InChI is InChI=1S/C6H13O9P/c7-1-2-3(8)4(9)5(10)6(14-2)15-16(11,12)13/h2-10H,1H2,(H2,11,12,13)/p-1/t2-,3-,4+,5-,6-/m1/s1. The predicted octanol–water partition coefficient (Wildman–Crippen LogP) is -3.74. The van der Waals surface area contributed by atoms with Gasteiger partial charge in [0, 0.05) is 0 Å². The summed E-state index contributed by atoms with van der Waals surface area (Å²) in [5.74, 6) is 0. The summed E-state index contributed by atoms with van der Waals surface area (Å²) in [5.41, 5.74) is 0. The number of rotatable bonds is 3. The maximum atomic E-state index is 10.4. The molecule has 0 aliphatic carbocycles. The van der Waals surface area contributed by atoms with Crippen molar-refractivity contribution < 1.29 is 44.0 Å². The molecule has 1 aliphatic rings. The lowest BCUT2D eigenvalue weighted by Gasteiger charge is -2.40. The van der Waals surface area contributed by atoms with E-state index in [0.717, 1.165) is 0 Å². The Hall–Kier alpha value is -0.0900. The molecule has 0 spiro atoms. The second-order valence-electron chi connectivity index (χ2n) is 3.27. The molecule has 10 heteroatoms. The summed E-state index contributed by atoms with van der Waals surface area (Å²) < 4.78 is 19.0. The monoisotopic (exact) mass is 259 g/mol. The maximum Gasteiger partial charge on any atom is 0.267 e. The van der Waals surface area contributed by atoms with Crippen LogP contribution in [0.25, 0.3) is 0 Å². The van der Waals surface area contributed by atoms with Crippen LogP contribution < -0.4 is 4.89 Å². The third-order valence-corrected chi connectivity index (χ3v) is 2.56. The third-order valence-electron chi connectivity index (χ3n) is 2.09. The van der Waals surface area contributed by atoms with Crippen molar-refractivity contribution in [3.8, 4) is 0 Å². The predicted molar refractivity (Wildman–Crippen MR) is 44.7 cm³/mol. The molecule has 0 amide bonds. The van der Waals surface area contributed by atoms with Crippen molar-refractivity contribution >= 4 is 7.82 Å². The quantitative estimate of drug-likeness (QED) is 0.321. The zero-order chi connectivity index (χ0) is 12.5. The van der Waals surface area contributed by atoms with E-state index in [9.17, 15) is 24.8 Å². The Labute approximate surface area is 90.1 Å². The van der Waals surface area contributed by atoms with Crippen LogP contribution in [0.1, 0.15) is 0 Å². The Bertz CT molecular complexity index is 275. The Morgan fingerprint density at radius 1 is 1.25 bits per heavy atom. The van der Waals surface area contributed by atoms with Gasteiger partial charge in [-0.2, -0.15) is 0 Å². The Kier molecular flexibility index (Phi) is 4.41. The first-order chi connectivity index (χ1) is 7.26. The van der Waals surface area contributed by atoms with E-state index in [4.69, 9.17) is 10.00 Å². The molecule has 0 aromatic carbocycles. The lowest BCUT2D eigenvalue weighted by molar-refractivity contribution is -0.302. The molecule has 0 aromatic rings. The number of ether oxygens (including phenoxy) is 1. The van der Waals surface area contributed by atoms with Crippen molar-refractivity contribution in [2.45, 2.75) is 30.7 Å². The van der Waals surface area contributed by atoms with E-state index in [1.54, 1.807) is 0 Å². The summed E-state index contributed by atoms with van der Waals surface area (Å²) in [6.45, 7) is -0.723. The van der Waals surface area contributed by atoms with Crippen molar-refractivity contribution in [1.82, 2.24) is 0 Å². The van der Waals surface area contributed by atoms with E-state index >= 15 is 0 Å². The average Bonchev–Trinajstić information content (AvgIpc) is 2.17. The van der Waals surface area contributed by atoms with Crippen LogP contribution in [0.15, 0.2) is 0 Å². The van der Waals surface area contributed by atoms with E-state index in [1.807, 2.05) is 0 Å². The molecular weight excluding hydrogens is 247 g/mol. The van der Waals surface area contributed by atoms with Gasteiger partial charge in [0.25, 0.3) is 7.82 Å². The Morgan fingerprint density at radius 3 is 2.25 bits per heavy atom. The highest BCUT2D eigenvalue weighted by Gasteiger charge is 2.45. The zero-order valence-electron chi connectivity index (χ0n) is 7.91. The van der Waals surface area contributed by atoms with Gasteiger partial charge in [0.15, 0.2) is 6.29 Å². The van der Waals surface area contributed by atoms with Crippen molar-refractivity contribution in [3.63, 3.8) is 0 Å². The van der Waals surface area contributed by atoms with Crippen molar-refractivity contribution in [3.05, 3.63) is 0 Å². The van der Waals surface area contributed by atoms with Crippen LogP contribution in [0.5, 0.6) is 0 Å². The topological polar surface area (TPSA) is 160 Å². The largest absolute Gasteiger partial charge is 0.756 e. The summed E-state index contributed by atoms with van der Waals surface area (Å²) in [6.07, 6.45) is -8.43. The number of hydrogen-bond donors (Lipinski definition) is 5. The van der Waals surface area contributed by atoms with Gasteiger partial charge in [0.1, 0.15) is 24.4 Å². The summed E-state index contributed by atoms with van der Waals surface area (Å²) in [5, 5.41) is 36.5. The van der Waals surface area contributed by atoms with Crippen molar-refractivity contribution in [1.29, 1.82) is 0 Å². The minimum absolute atomic E-state index is 0.723. The number of phosphoric acid groups is 1. The molecule has 1 aliphatic heterocycles. The molecule has 0 bridgehead atoms. The van der Waals surface area contributed by atoms with Gasteiger partial charge in [-0.05, 0) is 0 Å². The van der Waals surface area contributed by atoms with Gasteiger partial charge >= 0.3 is 0 Å². The van der Waals surface area contributed by atoms with E-state index < -0.39 is 45.1 Å². The van der Waals surface area contributed by atoms with Crippen LogP contribution in [0, 0.1) is 0 Å². The average molecular weight is 259 g/mol. The molecule has 16 heavy (non-hydrogen) atoms. The second kappa shape index (κ2) is 5.05. The fourth-order valence-electron chi connectivity index (χ4n) is 1.29. The molecule has 1 rings (SSSR count). The molecule has 1 saturated heterocycles. The van der Waals surface area contributed by atoms with Crippen LogP contribution in [0.2, 0.25) is 0 Å². The molecule has 1 unspecified atom stereocenters. The minimum Gasteiger partial charge on any atom is -0.756 e. The van der Waals surface area contributed by atoms with Gasteiger partial charge in [-0.25, -0.2) is 0 Å². The fraction of sp³-hybridized carbons (Fsp3) is 1.00. The number of phosphoric ester groups is 1. The molecular formula is C6H12O9P-. The van der Waals surface area contributed by atoms with Crippen LogP contribution >= 0.6 is 7.82 Å². The summed E-state index contributed by atoms with van der Waals surface area (Å²) in [7, 11) is -5.16. The SMILES string of the molecule is O=P([O-])(O)O[C@H]1O[C@H](CO)[C@@H](O)[C@H](O)[C@H]1O. The first-order valence-electron chi connectivity index (χ1n) is 4.29. The van der Waals surface area contributed by atoms with Gasteiger partial charge < -0.3 is 34.9 Å². The molecule has 96 valence electrons. The number of aliphatic hydroxyl groups excluding tert-OH is 4. The first kappa shape index (κ1) is 14.0. The maximum absolute atomic E-state index is 10.4. The van der Waals surface area contributed by atoms with E-state index in [1.165, 1.54) is 0 Å². The first-order valence-corrected chi connectivity index (χ1v) is 5.78. The molecule has 0 saturated carbocycles. The zero-order valence-corrected chi connectivity index (χ0v) is 8.80. The highest BCUT2D eigenvalue weighted by molar-refractivity contribution is 7.44. The molecule has 9 nitrogen and oxygen atoms in total. The van der Waals surface area contributed by atoms with Gasteiger partial charge in [-0.15, -0.1) is 0 Å². The van der Waals surface area contributed by atoms with Gasteiger partial charge in [-0.3, -0.25) is 9.09 Å². The van der Waals surface area contributed by atoms with Crippen LogP contribution in [0.4, 0.5) is 0 Å². The lowest BCUT2D eigenvalue weighted by Crippen LogP contribution is -2.59. The summed E-state index contributed by atoms with van der Waals surface area (Å²) in [4.78, 5) is 18.8. The number of aliphatic hydroxyl groups is 4. The van der Waals surface area contributed by atoms with Gasteiger partial charge in [-0.1, -0.05) is 0 Å². The number of hydrogen-bond acceptors (Lipinski definition) is 8. The molecule has 0 radical (unpaired) electrons. The van der Waals surface area contributed by atoms with Crippen LogP contribution in [-0.4, -0.2) is 62.6 Å². The summed E-state index contributed by atoms with van der Waals surface area (Å²) >= 11 is 0. The molecule has 1 heterocycles. The smallest absolute Gasteiger partial charge is 0.267 e. The van der Waals surface area contributed by atoms with Crippen molar-refractivity contribution in [2.24, 2.45) is 0 Å². The highest BCUT2D eigenvalue weighted by Crippen LogP contribution is 2.36. The Balaban J connectivity index is 2.75. The van der Waals surface area contributed by atoms with Crippen LogP contribution in [-0.2, 0) is 13.8 Å². The van der Waals surface area contributed by atoms with E-state index in [-0.39, 0.29) is 0 Å². The third kappa shape index (κ3) is 3.20. The van der Waals surface area contributed by atoms with E-state index in [2.05, 4.69) is 9.26 Å². The fourth-order valence-corrected chi connectivity index (χ4v) is 1.72. The molecule has 0 aromatic heterocycles. The lowest BCUT2D eigenvalue weighted by atomic mass is 10.00. The van der Waals surface area contributed by atoms with Gasteiger partial charge in [0.2, 0.25) is 0 Å². The Morgan fingerprint density at radius 2 is 1.81 bits per heavy atom.